The molecule has 0 aromatic rings. The number of fused-ring (bicyclic) bond motifs is 1. The molecule has 1 spiro atoms. The number of carbonyl (C=O) groups excluding carboxylic acids is 3. The molecular weight excluding hydrogens is 572 g/mol. The zero-order valence-electron chi connectivity index (χ0n) is 22.5. The summed E-state index contributed by atoms with van der Waals surface area (Å²) < 4.78 is 4.73. The average Bonchev–Trinajstić information content (AvgIpc) is 3.51. The van der Waals surface area contributed by atoms with Gasteiger partial charge in [-0.1, -0.05) is 35.0 Å². The lowest BCUT2D eigenvalue weighted by molar-refractivity contribution is -0.146. The van der Waals surface area contributed by atoms with Gasteiger partial charge in [0.15, 0.2) is 0 Å². The second kappa shape index (κ2) is 12.4. The molecule has 11 heteroatoms. The molecule has 4 rings (SSSR count). The molecule has 3 unspecified atom stereocenters. The number of ether oxygens (including phenoxy) is 1. The molecule has 7 atom stereocenters. The van der Waals surface area contributed by atoms with Gasteiger partial charge in [-0.2, -0.15) is 0 Å². The maximum atomic E-state index is 14.5. The normalized spacial score (nSPS) is 33.2. The number of aliphatic hydroxyl groups is 1. The number of carbonyl (C=O) groups is 3. The molecule has 4 heterocycles. The van der Waals surface area contributed by atoms with Gasteiger partial charge in [-0.05, 0) is 12.8 Å². The van der Waals surface area contributed by atoms with Crippen LogP contribution in [-0.2, 0) is 19.1 Å². The molecule has 0 radical (unpaired) electrons. The van der Waals surface area contributed by atoms with Crippen LogP contribution in [0.1, 0.15) is 19.8 Å². The van der Waals surface area contributed by atoms with Crippen LogP contribution in [0.4, 0.5) is 0 Å². The molecule has 1 N–H and O–H groups in total. The Kier molecular flexibility index (Phi) is 9.66. The van der Waals surface area contributed by atoms with Gasteiger partial charge in [-0.25, -0.2) is 0 Å². The standard InChI is InChI=1S/C27H41BrN4O5S/c1-5-8-29(4)24(34)20-21-25(35)32(18(7-3)17-33)23(27(21)16-19(28)22(20)38-27)26(36)31(9-6-2)11-10-30-12-14-37-15-13-30/h5-6,18-23,33H,1-2,7-17H2,3-4H3/t18-,19?,20-,21-,22-,23?,27?/m0/s1. The van der Waals surface area contributed by atoms with E-state index >= 15 is 0 Å². The Morgan fingerprint density at radius 3 is 2.55 bits per heavy atom. The van der Waals surface area contributed by atoms with Crippen molar-refractivity contribution in [3.8, 4) is 0 Å². The summed E-state index contributed by atoms with van der Waals surface area (Å²) >= 11 is 5.44. The van der Waals surface area contributed by atoms with Crippen LogP contribution in [0, 0.1) is 11.8 Å². The third kappa shape index (κ3) is 5.09. The van der Waals surface area contributed by atoms with E-state index in [1.807, 2.05) is 6.92 Å². The maximum absolute atomic E-state index is 14.5. The predicted molar refractivity (Wildman–Crippen MR) is 152 cm³/mol. The monoisotopic (exact) mass is 612 g/mol. The van der Waals surface area contributed by atoms with Crippen molar-refractivity contribution in [2.75, 3.05) is 66.1 Å². The van der Waals surface area contributed by atoms with E-state index < -0.39 is 28.7 Å². The second-order valence-corrected chi connectivity index (χ2v) is 13.4. The van der Waals surface area contributed by atoms with Crippen molar-refractivity contribution in [2.24, 2.45) is 11.8 Å². The van der Waals surface area contributed by atoms with Crippen LogP contribution >= 0.6 is 27.7 Å². The van der Waals surface area contributed by atoms with Gasteiger partial charge in [0, 0.05) is 56.4 Å². The van der Waals surface area contributed by atoms with Gasteiger partial charge in [0.05, 0.1) is 42.4 Å². The molecule has 0 saturated carbocycles. The van der Waals surface area contributed by atoms with Crippen molar-refractivity contribution >= 4 is 45.4 Å². The highest BCUT2D eigenvalue weighted by Crippen LogP contribution is 2.68. The Balaban J connectivity index is 1.70. The van der Waals surface area contributed by atoms with Gasteiger partial charge in [-0.15, -0.1) is 24.9 Å². The number of hydrogen-bond donors (Lipinski definition) is 1. The van der Waals surface area contributed by atoms with E-state index in [0.29, 0.717) is 52.2 Å². The Hall–Kier alpha value is -1.40. The molecule has 4 aliphatic rings. The molecule has 4 fully saturated rings. The van der Waals surface area contributed by atoms with E-state index in [1.165, 1.54) is 0 Å². The van der Waals surface area contributed by atoms with Gasteiger partial charge >= 0.3 is 0 Å². The molecule has 4 aliphatic heterocycles. The lowest BCUT2D eigenvalue weighted by Gasteiger charge is -2.40. The number of amides is 3. The maximum Gasteiger partial charge on any atom is 0.247 e. The molecule has 4 saturated heterocycles. The summed E-state index contributed by atoms with van der Waals surface area (Å²) in [7, 11) is 1.73. The summed E-state index contributed by atoms with van der Waals surface area (Å²) in [6.45, 7) is 14.3. The van der Waals surface area contributed by atoms with Gasteiger partial charge < -0.3 is 24.5 Å². The van der Waals surface area contributed by atoms with Gasteiger partial charge in [0.2, 0.25) is 17.7 Å². The molecule has 212 valence electrons. The zero-order valence-corrected chi connectivity index (χ0v) is 24.9. The number of likely N-dealkylation sites (N-methyl/N-ethyl adjacent to an activating group) is 1. The SMILES string of the molecule is C=CCN(C)C(=O)[C@H]1[C@H]2C(=O)N([C@@H](CC)CO)C(C(=O)N(CC=C)CCN3CCOCC3)C23CC(Br)[C@@H]1S3. The molecule has 0 aliphatic carbocycles. The largest absolute Gasteiger partial charge is 0.394 e. The summed E-state index contributed by atoms with van der Waals surface area (Å²) in [5, 5.41) is 10.2. The summed E-state index contributed by atoms with van der Waals surface area (Å²) in [4.78, 5) is 49.7. The van der Waals surface area contributed by atoms with Crippen molar-refractivity contribution in [1.29, 1.82) is 0 Å². The van der Waals surface area contributed by atoms with Crippen LogP contribution in [0.2, 0.25) is 0 Å². The van der Waals surface area contributed by atoms with Crippen molar-refractivity contribution < 1.29 is 24.2 Å². The molecule has 3 amide bonds. The highest BCUT2D eigenvalue weighted by atomic mass is 79.9. The van der Waals surface area contributed by atoms with E-state index in [4.69, 9.17) is 4.74 Å². The van der Waals surface area contributed by atoms with Crippen LogP contribution in [0.25, 0.3) is 0 Å². The van der Waals surface area contributed by atoms with Crippen LogP contribution in [0.3, 0.4) is 0 Å². The fourth-order valence-electron chi connectivity index (χ4n) is 6.68. The van der Waals surface area contributed by atoms with E-state index in [0.717, 1.165) is 13.1 Å². The van der Waals surface area contributed by atoms with E-state index in [-0.39, 0.29) is 34.4 Å². The van der Waals surface area contributed by atoms with Crippen molar-refractivity contribution in [2.45, 2.75) is 46.7 Å². The van der Waals surface area contributed by atoms with E-state index in [1.54, 1.807) is 45.7 Å². The lowest BCUT2D eigenvalue weighted by Crippen LogP contribution is -2.58. The topological polar surface area (TPSA) is 93.6 Å². The Bertz CT molecular complexity index is 929. The number of thioether (sulfide) groups is 1. The Morgan fingerprint density at radius 1 is 1.26 bits per heavy atom. The minimum Gasteiger partial charge on any atom is -0.394 e. The first kappa shape index (κ1) is 29.6. The minimum absolute atomic E-state index is 0.00767. The molecule has 0 aromatic carbocycles. The number of alkyl halides is 1. The minimum atomic E-state index is -0.751. The van der Waals surface area contributed by atoms with Crippen LogP contribution in [0.5, 0.6) is 0 Å². The van der Waals surface area contributed by atoms with Crippen LogP contribution in [0.15, 0.2) is 25.3 Å². The number of rotatable bonds is 12. The molecule has 2 bridgehead atoms. The lowest BCUT2D eigenvalue weighted by atomic mass is 9.70. The van der Waals surface area contributed by atoms with Crippen LogP contribution < -0.4 is 0 Å². The third-order valence-electron chi connectivity index (χ3n) is 8.55. The van der Waals surface area contributed by atoms with Gasteiger partial charge in [0.1, 0.15) is 6.04 Å². The second-order valence-electron chi connectivity index (χ2n) is 10.7. The summed E-state index contributed by atoms with van der Waals surface area (Å²) in [5.74, 6) is -1.54. The first-order chi connectivity index (χ1) is 18.2. The third-order valence-corrected chi connectivity index (χ3v) is 11.8. The Labute approximate surface area is 238 Å². The van der Waals surface area contributed by atoms with Crippen molar-refractivity contribution in [1.82, 2.24) is 19.6 Å². The van der Waals surface area contributed by atoms with Crippen molar-refractivity contribution in [3.63, 3.8) is 0 Å². The number of aliphatic hydroxyl groups excluding tert-OH is 1. The smallest absolute Gasteiger partial charge is 0.247 e. The quantitative estimate of drug-likeness (QED) is 0.262. The van der Waals surface area contributed by atoms with Gasteiger partial charge in [0.25, 0.3) is 0 Å². The first-order valence-corrected chi connectivity index (χ1v) is 15.4. The van der Waals surface area contributed by atoms with E-state index in [9.17, 15) is 19.5 Å². The number of hydrogen-bond acceptors (Lipinski definition) is 7. The molecule has 0 aromatic heterocycles. The summed E-state index contributed by atoms with van der Waals surface area (Å²) in [6, 6.07) is -1.24. The number of likely N-dealkylation sites (tertiary alicyclic amines) is 1. The zero-order chi connectivity index (χ0) is 27.6. The highest BCUT2D eigenvalue weighted by Gasteiger charge is 2.76. The average molecular weight is 614 g/mol. The summed E-state index contributed by atoms with van der Waals surface area (Å²) in [5.41, 5.74) is 0. The fraction of sp³-hybridized carbons (Fsp3) is 0.741. The fourth-order valence-corrected chi connectivity index (χ4v) is 10.3. The van der Waals surface area contributed by atoms with Crippen LogP contribution in [-0.4, -0.2) is 135 Å². The predicted octanol–water partition coefficient (Wildman–Crippen LogP) is 1.21. The summed E-state index contributed by atoms with van der Waals surface area (Å²) in [6.07, 6.45) is 4.54. The number of halogens is 1. The molecule has 9 nitrogen and oxygen atoms in total. The highest BCUT2D eigenvalue weighted by molar-refractivity contribution is 9.09. The molecular formula is C27H41BrN4O5S. The van der Waals surface area contributed by atoms with Crippen molar-refractivity contribution in [3.05, 3.63) is 25.3 Å². The number of nitrogens with zero attached hydrogens (tertiary/aromatic N) is 4. The van der Waals surface area contributed by atoms with E-state index in [2.05, 4.69) is 34.0 Å². The number of morpholine rings is 1. The molecule has 38 heavy (non-hydrogen) atoms. The first-order valence-electron chi connectivity index (χ1n) is 13.6. The Morgan fingerprint density at radius 2 is 1.95 bits per heavy atom. The van der Waals surface area contributed by atoms with Gasteiger partial charge in [-0.3, -0.25) is 19.3 Å².